The molecule has 90 valence electrons. The Bertz CT molecular complexity index is 521. The number of hydrogen-bond acceptors (Lipinski definition) is 2. The number of pyridine rings is 1. The van der Waals surface area contributed by atoms with Crippen molar-refractivity contribution in [2.24, 2.45) is 11.7 Å². The molecule has 17 heavy (non-hydrogen) atoms. The van der Waals surface area contributed by atoms with Crippen LogP contribution >= 0.6 is 0 Å². The van der Waals surface area contributed by atoms with Gasteiger partial charge in [0.25, 0.3) is 5.56 Å². The Labute approximate surface area is 99.4 Å². The van der Waals surface area contributed by atoms with E-state index in [2.05, 4.69) is 0 Å². The van der Waals surface area contributed by atoms with Gasteiger partial charge in [-0.05, 0) is 18.4 Å². The maximum atomic E-state index is 11.8. The van der Waals surface area contributed by atoms with Crippen molar-refractivity contribution in [1.82, 2.24) is 9.47 Å². The maximum absolute atomic E-state index is 11.8. The number of nitrogens with two attached hydrogens (primary N) is 1. The zero-order chi connectivity index (χ0) is 12.0. The van der Waals surface area contributed by atoms with E-state index in [-0.39, 0.29) is 11.5 Å². The van der Waals surface area contributed by atoms with Crippen LogP contribution in [-0.2, 0) is 6.54 Å². The van der Waals surface area contributed by atoms with Gasteiger partial charge in [-0.2, -0.15) is 0 Å². The van der Waals surface area contributed by atoms with Gasteiger partial charge in [0.15, 0.2) is 5.96 Å². The Kier molecular flexibility index (Phi) is 2.21. The summed E-state index contributed by atoms with van der Waals surface area (Å²) in [7, 11) is 0. The maximum Gasteiger partial charge on any atom is 0.250 e. The molecule has 2 atom stereocenters. The molecular weight excluding hydrogens is 216 g/mol. The lowest BCUT2D eigenvalue weighted by Gasteiger charge is -2.42. The van der Waals surface area contributed by atoms with E-state index in [1.54, 1.807) is 6.07 Å². The summed E-state index contributed by atoms with van der Waals surface area (Å²) >= 11 is 0. The topological polar surface area (TPSA) is 75.1 Å². The van der Waals surface area contributed by atoms with Crippen molar-refractivity contribution in [2.75, 3.05) is 13.1 Å². The summed E-state index contributed by atoms with van der Waals surface area (Å²) in [4.78, 5) is 13.7. The van der Waals surface area contributed by atoms with Crippen LogP contribution in [0.25, 0.3) is 0 Å². The minimum Gasteiger partial charge on any atom is -0.370 e. The molecule has 2 aliphatic rings. The van der Waals surface area contributed by atoms with Crippen molar-refractivity contribution in [3.63, 3.8) is 0 Å². The first-order valence-electron chi connectivity index (χ1n) is 5.94. The van der Waals surface area contributed by atoms with Gasteiger partial charge in [0.2, 0.25) is 0 Å². The van der Waals surface area contributed by atoms with Crippen LogP contribution in [-0.4, -0.2) is 28.5 Å². The van der Waals surface area contributed by atoms with Gasteiger partial charge in [-0.25, -0.2) is 0 Å². The molecule has 2 bridgehead atoms. The summed E-state index contributed by atoms with van der Waals surface area (Å²) in [6.45, 7) is 2.32. The Morgan fingerprint density at radius 1 is 1.35 bits per heavy atom. The van der Waals surface area contributed by atoms with Crippen LogP contribution in [0, 0.1) is 11.3 Å². The van der Waals surface area contributed by atoms with Crippen LogP contribution < -0.4 is 11.3 Å². The van der Waals surface area contributed by atoms with E-state index in [1.807, 2.05) is 21.6 Å². The summed E-state index contributed by atoms with van der Waals surface area (Å²) < 4.78 is 1.89. The second-order valence-electron chi connectivity index (χ2n) is 4.99. The number of likely N-dealkylation sites (tertiary alicyclic amines) is 1. The molecular formula is C12H16N4O. The number of nitrogens with one attached hydrogen (secondary N) is 1. The lowest BCUT2D eigenvalue weighted by molar-refractivity contribution is 0.176. The Morgan fingerprint density at radius 3 is 2.94 bits per heavy atom. The molecule has 5 heteroatoms. The third kappa shape index (κ3) is 1.62. The summed E-state index contributed by atoms with van der Waals surface area (Å²) in [5, 5.41) is 7.53. The third-order valence-electron chi connectivity index (χ3n) is 3.82. The Morgan fingerprint density at radius 2 is 2.18 bits per heavy atom. The number of piperidine rings is 1. The second kappa shape index (κ2) is 3.61. The zero-order valence-electron chi connectivity index (χ0n) is 9.60. The second-order valence-corrected chi connectivity index (χ2v) is 4.99. The van der Waals surface area contributed by atoms with Gasteiger partial charge >= 0.3 is 0 Å². The fourth-order valence-corrected chi connectivity index (χ4v) is 3.09. The average molecular weight is 232 g/mol. The van der Waals surface area contributed by atoms with Crippen molar-refractivity contribution in [1.29, 1.82) is 5.41 Å². The average Bonchev–Trinajstić information content (AvgIpc) is 2.30. The number of guanidine groups is 1. The van der Waals surface area contributed by atoms with E-state index in [0.717, 1.165) is 31.7 Å². The lowest BCUT2D eigenvalue weighted by atomic mass is 9.83. The number of fused-ring (bicyclic) bond motifs is 4. The minimum absolute atomic E-state index is 0.0912. The van der Waals surface area contributed by atoms with E-state index in [0.29, 0.717) is 11.8 Å². The molecule has 0 radical (unpaired) electrons. The first-order chi connectivity index (χ1) is 8.15. The molecule has 1 saturated heterocycles. The molecule has 2 aliphatic heterocycles. The molecule has 0 amide bonds. The molecule has 2 unspecified atom stereocenters. The molecule has 0 aromatic carbocycles. The zero-order valence-corrected chi connectivity index (χ0v) is 9.60. The highest BCUT2D eigenvalue weighted by atomic mass is 16.1. The smallest absolute Gasteiger partial charge is 0.250 e. The van der Waals surface area contributed by atoms with Gasteiger partial charge in [0, 0.05) is 37.3 Å². The van der Waals surface area contributed by atoms with Gasteiger partial charge in [0.1, 0.15) is 0 Å². The van der Waals surface area contributed by atoms with Crippen LogP contribution in [0.15, 0.2) is 23.0 Å². The van der Waals surface area contributed by atoms with E-state index < -0.39 is 0 Å². The van der Waals surface area contributed by atoms with Crippen LogP contribution in [0.2, 0.25) is 0 Å². The molecule has 1 aromatic heterocycles. The molecule has 0 saturated carbocycles. The van der Waals surface area contributed by atoms with E-state index in [1.165, 1.54) is 0 Å². The quantitative estimate of drug-likeness (QED) is 0.494. The summed E-state index contributed by atoms with van der Waals surface area (Å²) in [6.07, 6.45) is 1.10. The van der Waals surface area contributed by atoms with Crippen molar-refractivity contribution in [3.05, 3.63) is 34.2 Å². The summed E-state index contributed by atoms with van der Waals surface area (Å²) in [5.41, 5.74) is 6.75. The SMILES string of the molecule is N=C(N)N1CC2CC(C1)c1cccc(=O)n1C2. The van der Waals surface area contributed by atoms with Crippen molar-refractivity contribution < 1.29 is 0 Å². The molecule has 3 N–H and O–H groups in total. The number of aromatic nitrogens is 1. The van der Waals surface area contributed by atoms with Gasteiger partial charge in [0.05, 0.1) is 0 Å². The molecule has 5 nitrogen and oxygen atoms in total. The highest BCUT2D eigenvalue weighted by Crippen LogP contribution is 2.34. The molecule has 0 spiro atoms. The third-order valence-corrected chi connectivity index (χ3v) is 3.82. The van der Waals surface area contributed by atoms with Gasteiger partial charge in [-0.1, -0.05) is 6.07 Å². The van der Waals surface area contributed by atoms with Crippen molar-refractivity contribution in [3.8, 4) is 0 Å². The number of nitrogens with zero attached hydrogens (tertiary/aromatic N) is 2. The fourth-order valence-electron chi connectivity index (χ4n) is 3.09. The predicted molar refractivity (Wildman–Crippen MR) is 65.0 cm³/mol. The highest BCUT2D eigenvalue weighted by molar-refractivity contribution is 5.74. The predicted octanol–water partition coefficient (Wildman–Crippen LogP) is 0.161. The highest BCUT2D eigenvalue weighted by Gasteiger charge is 2.34. The van der Waals surface area contributed by atoms with Crippen molar-refractivity contribution >= 4 is 5.96 Å². The Hall–Kier alpha value is -1.78. The number of rotatable bonds is 0. The van der Waals surface area contributed by atoms with Gasteiger partial charge in [-0.15, -0.1) is 0 Å². The van der Waals surface area contributed by atoms with E-state index in [9.17, 15) is 4.79 Å². The number of hydrogen-bond donors (Lipinski definition) is 2. The molecule has 1 fully saturated rings. The molecule has 3 heterocycles. The van der Waals surface area contributed by atoms with Crippen LogP contribution in [0.1, 0.15) is 18.0 Å². The van der Waals surface area contributed by atoms with E-state index >= 15 is 0 Å². The van der Waals surface area contributed by atoms with Crippen LogP contribution in [0.4, 0.5) is 0 Å². The minimum atomic E-state index is 0.0912. The van der Waals surface area contributed by atoms with Crippen LogP contribution in [0.5, 0.6) is 0 Å². The summed E-state index contributed by atoms with van der Waals surface area (Å²) in [6, 6.07) is 5.46. The van der Waals surface area contributed by atoms with E-state index in [4.69, 9.17) is 11.1 Å². The lowest BCUT2D eigenvalue weighted by Crippen LogP contribution is -2.50. The molecule has 0 aliphatic carbocycles. The van der Waals surface area contributed by atoms with Gasteiger partial charge in [-0.3, -0.25) is 10.2 Å². The molecule has 1 aromatic rings. The van der Waals surface area contributed by atoms with Crippen LogP contribution in [0.3, 0.4) is 0 Å². The van der Waals surface area contributed by atoms with Crippen molar-refractivity contribution in [2.45, 2.75) is 18.9 Å². The fraction of sp³-hybridized carbons (Fsp3) is 0.500. The first-order valence-corrected chi connectivity index (χ1v) is 5.94. The standard InChI is InChI=1S/C12H16N4O/c13-12(14)15-5-8-4-9(7-15)10-2-1-3-11(17)16(10)6-8/h1-3,8-9H,4-7H2,(H3,13,14). The largest absolute Gasteiger partial charge is 0.370 e. The summed E-state index contributed by atoms with van der Waals surface area (Å²) in [5.74, 6) is 0.914. The molecule has 3 rings (SSSR count). The normalized spacial score (nSPS) is 26.5. The van der Waals surface area contributed by atoms with Gasteiger partial charge < -0.3 is 15.2 Å². The first kappa shape index (κ1) is 10.4. The monoisotopic (exact) mass is 232 g/mol. The Balaban J connectivity index is 2.01.